The van der Waals surface area contributed by atoms with Crippen LogP contribution in [0.2, 0.25) is 0 Å². The zero-order valence-corrected chi connectivity index (χ0v) is 17.5. The van der Waals surface area contributed by atoms with Gasteiger partial charge >= 0.3 is 5.97 Å². The number of methoxy groups -OCH3 is 2. The maximum absolute atomic E-state index is 11.2. The fourth-order valence-corrected chi connectivity index (χ4v) is 4.26. The smallest absolute Gasteiger partial charge is 0.321 e. The Morgan fingerprint density at radius 3 is 2.55 bits per heavy atom. The summed E-state index contributed by atoms with van der Waals surface area (Å²) in [5.41, 5.74) is 1.81. The first kappa shape index (κ1) is 21.1. The maximum atomic E-state index is 11.2. The first-order valence-corrected chi connectivity index (χ1v) is 10.3. The molecule has 156 valence electrons. The molecular formula is C21H25NO6S. The zero-order valence-electron chi connectivity index (χ0n) is 16.6. The number of ether oxygens (including phenoxy) is 4. The molecule has 0 bridgehead atoms. The fourth-order valence-electron chi connectivity index (χ4n) is 3.03. The molecule has 8 heteroatoms. The number of hydrogen-bond acceptors (Lipinski definition) is 7. The highest BCUT2D eigenvalue weighted by atomic mass is 32.2. The number of hydrogen-bond donors (Lipinski definition) is 2. The van der Waals surface area contributed by atoms with Crippen LogP contribution in [-0.4, -0.2) is 43.7 Å². The van der Waals surface area contributed by atoms with E-state index >= 15 is 0 Å². The lowest BCUT2D eigenvalue weighted by atomic mass is 10.1. The van der Waals surface area contributed by atoms with E-state index in [9.17, 15) is 9.90 Å². The van der Waals surface area contributed by atoms with Gasteiger partial charge in [0.1, 0.15) is 24.1 Å². The number of thioether (sulfide) groups is 1. The minimum absolute atomic E-state index is 0.0946. The molecule has 2 atom stereocenters. The average molecular weight is 419 g/mol. The summed E-state index contributed by atoms with van der Waals surface area (Å²) in [6.07, 6.45) is 0. The number of aliphatic carboxylic acids is 1. The van der Waals surface area contributed by atoms with Crippen LogP contribution in [0.5, 0.6) is 23.0 Å². The van der Waals surface area contributed by atoms with Crippen LogP contribution in [0.4, 0.5) is 0 Å². The topological polar surface area (TPSA) is 86.3 Å². The van der Waals surface area contributed by atoms with Gasteiger partial charge in [0.05, 0.1) is 26.2 Å². The van der Waals surface area contributed by atoms with Crippen molar-refractivity contribution in [3.8, 4) is 23.0 Å². The van der Waals surface area contributed by atoms with Crippen molar-refractivity contribution in [1.82, 2.24) is 5.32 Å². The van der Waals surface area contributed by atoms with E-state index in [4.69, 9.17) is 18.9 Å². The molecule has 0 aromatic heterocycles. The van der Waals surface area contributed by atoms with E-state index in [0.717, 1.165) is 16.9 Å². The number of benzene rings is 2. The van der Waals surface area contributed by atoms with Gasteiger partial charge in [-0.1, -0.05) is 6.07 Å². The average Bonchev–Trinajstić information content (AvgIpc) is 3.23. The Bertz CT molecular complexity index is 859. The van der Waals surface area contributed by atoms with Gasteiger partial charge in [0.2, 0.25) is 0 Å². The Labute approximate surface area is 174 Å². The van der Waals surface area contributed by atoms with Gasteiger partial charge < -0.3 is 24.1 Å². The molecule has 1 aliphatic heterocycles. The van der Waals surface area contributed by atoms with Gasteiger partial charge in [-0.25, -0.2) is 0 Å². The molecule has 0 unspecified atom stereocenters. The molecule has 0 amide bonds. The Morgan fingerprint density at radius 1 is 1.10 bits per heavy atom. The number of nitrogens with one attached hydrogen (secondary N) is 1. The molecule has 1 fully saturated rings. The largest absolute Gasteiger partial charge is 0.497 e. The van der Waals surface area contributed by atoms with E-state index < -0.39 is 12.0 Å². The number of carboxylic acid groups (broad SMARTS) is 1. The second-order valence-corrected chi connectivity index (χ2v) is 7.51. The molecule has 2 N–H and O–H groups in total. The van der Waals surface area contributed by atoms with Gasteiger partial charge in [0, 0.05) is 11.3 Å². The molecule has 0 spiro atoms. The molecule has 0 aliphatic carbocycles. The van der Waals surface area contributed by atoms with Crippen LogP contribution in [-0.2, 0) is 11.4 Å². The maximum Gasteiger partial charge on any atom is 0.321 e. The molecule has 0 saturated carbocycles. The standard InChI is InChI=1S/C21H25NO6S/c1-4-27-19-10-13(20-22-16(12-29-20)21(23)24)5-7-18(19)28-11-14-9-15(25-2)6-8-17(14)26-3/h5-10,16,20,22H,4,11-12H2,1-3H3,(H,23,24)/t16-,20+/m0/s1. The summed E-state index contributed by atoms with van der Waals surface area (Å²) in [5.74, 6) is 2.36. The first-order valence-electron chi connectivity index (χ1n) is 9.26. The van der Waals surface area contributed by atoms with Crippen molar-refractivity contribution in [1.29, 1.82) is 0 Å². The fraction of sp³-hybridized carbons (Fsp3) is 0.381. The van der Waals surface area contributed by atoms with Crippen LogP contribution in [0.1, 0.15) is 23.4 Å². The van der Waals surface area contributed by atoms with Crippen molar-refractivity contribution in [2.45, 2.75) is 24.9 Å². The van der Waals surface area contributed by atoms with Crippen molar-refractivity contribution in [2.24, 2.45) is 0 Å². The van der Waals surface area contributed by atoms with Crippen molar-refractivity contribution in [2.75, 3.05) is 26.6 Å². The van der Waals surface area contributed by atoms with E-state index in [0.29, 0.717) is 29.6 Å². The van der Waals surface area contributed by atoms with Gasteiger partial charge in [0.25, 0.3) is 0 Å². The summed E-state index contributed by atoms with van der Waals surface area (Å²) >= 11 is 1.57. The van der Waals surface area contributed by atoms with Crippen molar-refractivity contribution in [3.63, 3.8) is 0 Å². The van der Waals surface area contributed by atoms with Gasteiger partial charge in [-0.05, 0) is 42.8 Å². The monoisotopic (exact) mass is 419 g/mol. The lowest BCUT2D eigenvalue weighted by Gasteiger charge is -2.17. The van der Waals surface area contributed by atoms with E-state index in [1.165, 1.54) is 0 Å². The predicted molar refractivity (Wildman–Crippen MR) is 111 cm³/mol. The molecule has 7 nitrogen and oxygen atoms in total. The molecule has 1 heterocycles. The Morgan fingerprint density at radius 2 is 1.90 bits per heavy atom. The normalized spacial score (nSPS) is 18.3. The number of carbonyl (C=O) groups is 1. The quantitative estimate of drug-likeness (QED) is 0.639. The molecule has 3 rings (SSSR count). The van der Waals surface area contributed by atoms with Crippen molar-refractivity contribution in [3.05, 3.63) is 47.5 Å². The highest BCUT2D eigenvalue weighted by Gasteiger charge is 2.30. The van der Waals surface area contributed by atoms with Crippen LogP contribution < -0.4 is 24.3 Å². The molecule has 2 aromatic rings. The van der Waals surface area contributed by atoms with Crippen LogP contribution in [0.15, 0.2) is 36.4 Å². The number of carboxylic acids is 1. The molecular weight excluding hydrogens is 394 g/mol. The summed E-state index contributed by atoms with van der Waals surface area (Å²) in [5, 5.41) is 12.2. The minimum atomic E-state index is -0.836. The summed E-state index contributed by atoms with van der Waals surface area (Å²) in [6, 6.07) is 10.7. The SMILES string of the molecule is CCOc1cc([C@@H]2N[C@H](C(=O)O)CS2)ccc1OCc1cc(OC)ccc1OC. The molecule has 0 radical (unpaired) electrons. The lowest BCUT2D eigenvalue weighted by molar-refractivity contribution is -0.138. The molecule has 29 heavy (non-hydrogen) atoms. The first-order chi connectivity index (χ1) is 14.0. The molecule has 1 saturated heterocycles. The van der Waals surface area contributed by atoms with E-state index in [1.54, 1.807) is 26.0 Å². The summed E-state index contributed by atoms with van der Waals surface area (Å²) in [7, 11) is 3.23. The molecule has 1 aliphatic rings. The summed E-state index contributed by atoms with van der Waals surface area (Å²) < 4.78 is 22.5. The summed E-state index contributed by atoms with van der Waals surface area (Å²) in [6.45, 7) is 2.69. The third-order valence-electron chi connectivity index (χ3n) is 4.52. The van der Waals surface area contributed by atoms with E-state index in [-0.39, 0.29) is 12.0 Å². The van der Waals surface area contributed by atoms with Crippen LogP contribution >= 0.6 is 11.8 Å². The van der Waals surface area contributed by atoms with Crippen LogP contribution in [0.25, 0.3) is 0 Å². The predicted octanol–water partition coefficient (Wildman–Crippen LogP) is 3.47. The van der Waals surface area contributed by atoms with Gasteiger partial charge in [-0.15, -0.1) is 11.8 Å². The van der Waals surface area contributed by atoms with Crippen LogP contribution in [0.3, 0.4) is 0 Å². The summed E-state index contributed by atoms with van der Waals surface area (Å²) in [4.78, 5) is 11.2. The van der Waals surface area contributed by atoms with Gasteiger partial charge in [-0.2, -0.15) is 0 Å². The third kappa shape index (κ3) is 5.07. The van der Waals surface area contributed by atoms with Gasteiger partial charge in [0.15, 0.2) is 11.5 Å². The minimum Gasteiger partial charge on any atom is -0.497 e. The van der Waals surface area contributed by atoms with Crippen LogP contribution in [0, 0.1) is 0 Å². The van der Waals surface area contributed by atoms with E-state index in [1.807, 2.05) is 43.3 Å². The highest BCUT2D eigenvalue weighted by Crippen LogP contribution is 2.38. The Hall–Kier alpha value is -2.58. The number of rotatable bonds is 9. The highest BCUT2D eigenvalue weighted by molar-refractivity contribution is 7.99. The van der Waals surface area contributed by atoms with E-state index in [2.05, 4.69) is 5.32 Å². The van der Waals surface area contributed by atoms with Gasteiger partial charge in [-0.3, -0.25) is 10.1 Å². The second kappa shape index (κ2) is 9.76. The zero-order chi connectivity index (χ0) is 20.8. The van der Waals surface area contributed by atoms with Crippen molar-refractivity contribution >= 4 is 17.7 Å². The lowest BCUT2D eigenvalue weighted by Crippen LogP contribution is -2.33. The third-order valence-corrected chi connectivity index (χ3v) is 5.79. The molecule has 2 aromatic carbocycles. The Balaban J connectivity index is 1.77. The second-order valence-electron chi connectivity index (χ2n) is 6.38. The Kier molecular flexibility index (Phi) is 7.11. The van der Waals surface area contributed by atoms with Crippen molar-refractivity contribution < 1.29 is 28.8 Å².